The van der Waals surface area contributed by atoms with Gasteiger partial charge in [0, 0.05) is 23.2 Å². The van der Waals surface area contributed by atoms with E-state index in [4.69, 9.17) is 5.10 Å². The predicted molar refractivity (Wildman–Crippen MR) is 99.0 cm³/mol. The predicted octanol–water partition coefficient (Wildman–Crippen LogP) is 5.22. The lowest BCUT2D eigenvalue weighted by Gasteiger charge is -2.12. The number of nitrogens with zero attached hydrogens (tertiary/aromatic N) is 3. The number of benzene rings is 1. The van der Waals surface area contributed by atoms with Crippen LogP contribution in [0.4, 0.5) is 4.39 Å². The Morgan fingerprint density at radius 3 is 2.50 bits per heavy atom. The van der Waals surface area contributed by atoms with Crippen molar-refractivity contribution in [1.82, 2.24) is 4.68 Å². The van der Waals surface area contributed by atoms with E-state index in [1.807, 2.05) is 29.1 Å². The van der Waals surface area contributed by atoms with Gasteiger partial charge in [0.25, 0.3) is 0 Å². The molecule has 1 fully saturated rings. The largest absolute Gasteiger partial charge is 0.258 e. The summed E-state index contributed by atoms with van der Waals surface area (Å²) in [6.07, 6.45) is 8.34. The number of thiazole rings is 1. The van der Waals surface area contributed by atoms with Crippen LogP contribution in [0.3, 0.4) is 0 Å². The minimum absolute atomic E-state index is 0.218. The number of rotatable bonds is 3. The minimum atomic E-state index is -0.218. The molecule has 0 saturated heterocycles. The van der Waals surface area contributed by atoms with E-state index in [-0.39, 0.29) is 5.82 Å². The van der Waals surface area contributed by atoms with Crippen molar-refractivity contribution < 1.29 is 4.39 Å². The van der Waals surface area contributed by atoms with Gasteiger partial charge in [0.05, 0.1) is 5.69 Å². The highest BCUT2D eigenvalue weighted by Gasteiger charge is 2.13. The van der Waals surface area contributed by atoms with E-state index in [2.05, 4.69) is 4.99 Å². The van der Waals surface area contributed by atoms with Crippen LogP contribution in [0, 0.1) is 5.82 Å². The zero-order chi connectivity index (χ0) is 16.8. The van der Waals surface area contributed by atoms with Gasteiger partial charge in [-0.2, -0.15) is 5.10 Å². The van der Waals surface area contributed by atoms with Crippen molar-refractivity contribution in [3.8, 4) is 11.3 Å². The molecule has 0 N–H and O–H groups in total. The van der Waals surface area contributed by atoms with Crippen LogP contribution in [0.1, 0.15) is 51.9 Å². The van der Waals surface area contributed by atoms with E-state index in [9.17, 15) is 4.39 Å². The van der Waals surface area contributed by atoms with Crippen LogP contribution in [0.25, 0.3) is 11.3 Å². The fourth-order valence-electron chi connectivity index (χ4n) is 3.05. The average Bonchev–Trinajstić information content (AvgIpc) is 2.93. The second-order valence-corrected chi connectivity index (χ2v) is 6.94. The molecule has 3 rings (SSSR count). The molecular formula is C19H24FN3S. The molecule has 128 valence electrons. The maximum Gasteiger partial charge on any atom is 0.206 e. The Bertz CT molecular complexity index is 763. The molecule has 0 spiro atoms. The summed E-state index contributed by atoms with van der Waals surface area (Å²) in [4.78, 5) is 5.38. The molecular weight excluding hydrogens is 321 g/mol. The van der Waals surface area contributed by atoms with Crippen LogP contribution < -0.4 is 4.80 Å². The van der Waals surface area contributed by atoms with Gasteiger partial charge < -0.3 is 0 Å². The van der Waals surface area contributed by atoms with Gasteiger partial charge in [-0.05, 0) is 44.7 Å². The second kappa shape index (κ2) is 8.38. The van der Waals surface area contributed by atoms with Crippen molar-refractivity contribution in [3.05, 3.63) is 40.3 Å². The molecule has 0 bridgehead atoms. The zero-order valence-electron chi connectivity index (χ0n) is 14.2. The fraction of sp³-hybridized carbons (Fsp3) is 0.474. The average molecular weight is 345 g/mol. The highest BCUT2D eigenvalue weighted by atomic mass is 32.1. The zero-order valence-corrected chi connectivity index (χ0v) is 15.0. The Balaban J connectivity index is 2.06. The lowest BCUT2D eigenvalue weighted by atomic mass is 9.99. The van der Waals surface area contributed by atoms with E-state index in [0.29, 0.717) is 12.1 Å². The molecule has 0 atom stereocenters. The van der Waals surface area contributed by atoms with Gasteiger partial charge in [0.1, 0.15) is 5.82 Å². The third kappa shape index (κ3) is 4.01. The van der Waals surface area contributed by atoms with Crippen molar-refractivity contribution in [2.24, 2.45) is 10.1 Å². The number of aromatic nitrogens is 1. The smallest absolute Gasteiger partial charge is 0.206 e. The Labute approximate surface area is 146 Å². The molecule has 1 aliphatic carbocycles. The van der Waals surface area contributed by atoms with Crippen LogP contribution >= 0.6 is 11.3 Å². The molecule has 0 aliphatic heterocycles. The molecule has 1 aromatic carbocycles. The Hall–Kier alpha value is -1.75. The minimum Gasteiger partial charge on any atom is -0.258 e. The highest BCUT2D eigenvalue weighted by Crippen LogP contribution is 2.24. The molecule has 1 heterocycles. The maximum atomic E-state index is 14.3. The first kappa shape index (κ1) is 17.1. The normalized spacial score (nSPS) is 16.8. The summed E-state index contributed by atoms with van der Waals surface area (Å²) in [5.74, 6) is -0.218. The molecule has 1 aliphatic rings. The summed E-state index contributed by atoms with van der Waals surface area (Å²) >= 11 is 1.52. The molecule has 0 unspecified atom stereocenters. The van der Waals surface area contributed by atoms with Crippen molar-refractivity contribution in [1.29, 1.82) is 0 Å². The summed E-state index contributed by atoms with van der Waals surface area (Å²) in [5.41, 5.74) is 2.59. The third-order valence-electron chi connectivity index (χ3n) is 4.30. The third-order valence-corrected chi connectivity index (χ3v) is 5.15. The van der Waals surface area contributed by atoms with Gasteiger partial charge in [0.2, 0.25) is 4.80 Å². The van der Waals surface area contributed by atoms with E-state index < -0.39 is 0 Å². The van der Waals surface area contributed by atoms with Crippen LogP contribution in [-0.2, 0) is 0 Å². The highest BCUT2D eigenvalue weighted by molar-refractivity contribution is 7.07. The van der Waals surface area contributed by atoms with Crippen LogP contribution in [0.15, 0.2) is 39.7 Å². The van der Waals surface area contributed by atoms with Crippen LogP contribution in [0.5, 0.6) is 0 Å². The summed E-state index contributed by atoms with van der Waals surface area (Å²) in [5, 5.41) is 6.86. The quantitative estimate of drug-likeness (QED) is 0.729. The first-order valence-corrected chi connectivity index (χ1v) is 9.70. The number of halogens is 1. The standard InChI is InChI=1S/C19H24FN3S/c1-2-21-19-23(22-15-10-6-4-3-5-7-11-15)18(14-24-19)16-12-8-9-13-17(16)20/h8-9,12-14H,2-7,10-11H2,1H3. The Morgan fingerprint density at radius 1 is 1.08 bits per heavy atom. The fourth-order valence-corrected chi connectivity index (χ4v) is 3.94. The maximum absolute atomic E-state index is 14.3. The van der Waals surface area contributed by atoms with Crippen molar-refractivity contribution in [2.75, 3.05) is 6.54 Å². The molecule has 0 radical (unpaired) electrons. The van der Waals surface area contributed by atoms with E-state index >= 15 is 0 Å². The molecule has 1 saturated carbocycles. The van der Waals surface area contributed by atoms with Gasteiger partial charge in [-0.25, -0.2) is 9.07 Å². The van der Waals surface area contributed by atoms with Gasteiger partial charge in [-0.15, -0.1) is 11.3 Å². The Morgan fingerprint density at radius 2 is 1.79 bits per heavy atom. The Kier molecular flexibility index (Phi) is 5.96. The topological polar surface area (TPSA) is 29.6 Å². The molecule has 5 heteroatoms. The lowest BCUT2D eigenvalue weighted by Crippen LogP contribution is -2.16. The summed E-state index contributed by atoms with van der Waals surface area (Å²) < 4.78 is 16.1. The molecule has 2 aromatic rings. The monoisotopic (exact) mass is 345 g/mol. The lowest BCUT2D eigenvalue weighted by molar-refractivity contribution is 0.602. The van der Waals surface area contributed by atoms with Gasteiger partial charge in [-0.3, -0.25) is 4.99 Å². The first-order chi connectivity index (χ1) is 11.8. The van der Waals surface area contributed by atoms with Crippen molar-refractivity contribution in [2.45, 2.75) is 51.9 Å². The molecule has 3 nitrogen and oxygen atoms in total. The van der Waals surface area contributed by atoms with Crippen LogP contribution in [-0.4, -0.2) is 16.9 Å². The summed E-state index contributed by atoms with van der Waals surface area (Å²) in [6, 6.07) is 6.88. The first-order valence-electron chi connectivity index (χ1n) is 8.82. The molecule has 24 heavy (non-hydrogen) atoms. The number of hydrogen-bond donors (Lipinski definition) is 0. The van der Waals surface area contributed by atoms with Crippen LogP contribution in [0.2, 0.25) is 0 Å². The number of hydrogen-bond acceptors (Lipinski definition) is 3. The van der Waals surface area contributed by atoms with E-state index in [1.54, 1.807) is 6.07 Å². The second-order valence-electron chi connectivity index (χ2n) is 6.10. The summed E-state index contributed by atoms with van der Waals surface area (Å²) in [6.45, 7) is 2.71. The summed E-state index contributed by atoms with van der Waals surface area (Å²) in [7, 11) is 0. The van der Waals surface area contributed by atoms with Gasteiger partial charge >= 0.3 is 0 Å². The SMILES string of the molecule is CCN=c1scc(-c2ccccc2F)n1N=C1CCCCCCC1. The molecule has 1 aromatic heterocycles. The molecule has 0 amide bonds. The van der Waals surface area contributed by atoms with Crippen molar-refractivity contribution >= 4 is 17.0 Å². The van der Waals surface area contributed by atoms with Crippen molar-refractivity contribution in [3.63, 3.8) is 0 Å². The van der Waals surface area contributed by atoms with E-state index in [0.717, 1.165) is 23.3 Å². The van der Waals surface area contributed by atoms with Gasteiger partial charge in [-0.1, -0.05) is 31.4 Å². The van der Waals surface area contributed by atoms with E-state index in [1.165, 1.54) is 55.2 Å². The van der Waals surface area contributed by atoms with Gasteiger partial charge in [0.15, 0.2) is 0 Å².